The van der Waals surface area contributed by atoms with E-state index in [0.717, 1.165) is 18.7 Å². The zero-order valence-corrected chi connectivity index (χ0v) is 11.4. The largest absolute Gasteiger partial charge is 0.368 e. The van der Waals surface area contributed by atoms with Gasteiger partial charge in [-0.2, -0.15) is 0 Å². The number of rotatable bonds is 5. The van der Waals surface area contributed by atoms with E-state index in [2.05, 4.69) is 5.32 Å². The molecule has 0 unspecified atom stereocenters. The molecule has 1 heterocycles. The molecule has 1 fully saturated rings. The van der Waals surface area contributed by atoms with Crippen LogP contribution >= 0.6 is 0 Å². The van der Waals surface area contributed by atoms with Crippen LogP contribution in [0.3, 0.4) is 0 Å². The van der Waals surface area contributed by atoms with E-state index in [9.17, 15) is 9.18 Å². The maximum Gasteiger partial charge on any atom is 0.163 e. The van der Waals surface area contributed by atoms with Gasteiger partial charge in [0, 0.05) is 17.8 Å². The molecule has 4 heteroatoms. The number of ketones is 1. The molecule has 0 spiro atoms. The van der Waals surface area contributed by atoms with Crippen molar-refractivity contribution in [1.29, 1.82) is 0 Å². The maximum atomic E-state index is 13.7. The minimum Gasteiger partial charge on any atom is -0.368 e. The molecular formula is C16H17FN2O. The van der Waals surface area contributed by atoms with Crippen molar-refractivity contribution in [2.24, 2.45) is 0 Å². The molecule has 1 saturated carbocycles. The Morgan fingerprint density at radius 2 is 2.10 bits per heavy atom. The Balaban J connectivity index is 1.92. The monoisotopic (exact) mass is 272 g/mol. The summed E-state index contributed by atoms with van der Waals surface area (Å²) in [5, 5.41) is 3.37. The van der Waals surface area contributed by atoms with Gasteiger partial charge in [0.05, 0.1) is 12.1 Å². The average molecular weight is 272 g/mol. The maximum absolute atomic E-state index is 13.7. The highest BCUT2D eigenvalue weighted by Gasteiger charge is 2.24. The SMILES string of the molecule is CC(=O)c1ccn(Cc2ccccc2F)c1NC1CC1. The van der Waals surface area contributed by atoms with E-state index in [-0.39, 0.29) is 11.6 Å². The molecule has 1 N–H and O–H groups in total. The van der Waals surface area contributed by atoms with Crippen LogP contribution in [-0.4, -0.2) is 16.4 Å². The second-order valence-electron chi connectivity index (χ2n) is 5.27. The van der Waals surface area contributed by atoms with Gasteiger partial charge in [-0.15, -0.1) is 0 Å². The topological polar surface area (TPSA) is 34.0 Å². The van der Waals surface area contributed by atoms with Crippen LogP contribution in [0.5, 0.6) is 0 Å². The predicted molar refractivity (Wildman–Crippen MR) is 76.6 cm³/mol. The van der Waals surface area contributed by atoms with Crippen LogP contribution in [0, 0.1) is 5.82 Å². The molecule has 3 rings (SSSR count). The highest BCUT2D eigenvalue weighted by molar-refractivity contribution is 5.99. The molecular weight excluding hydrogens is 255 g/mol. The highest BCUT2D eigenvalue weighted by atomic mass is 19.1. The summed E-state index contributed by atoms with van der Waals surface area (Å²) in [6, 6.07) is 8.97. The van der Waals surface area contributed by atoms with Gasteiger partial charge in [-0.1, -0.05) is 18.2 Å². The zero-order chi connectivity index (χ0) is 14.1. The van der Waals surface area contributed by atoms with E-state index >= 15 is 0 Å². The van der Waals surface area contributed by atoms with E-state index in [1.807, 2.05) is 16.8 Å². The third-order valence-corrected chi connectivity index (χ3v) is 3.56. The first-order valence-corrected chi connectivity index (χ1v) is 6.85. The summed E-state index contributed by atoms with van der Waals surface area (Å²) >= 11 is 0. The smallest absolute Gasteiger partial charge is 0.163 e. The number of aromatic nitrogens is 1. The van der Waals surface area contributed by atoms with Crippen molar-refractivity contribution in [1.82, 2.24) is 4.57 Å². The van der Waals surface area contributed by atoms with E-state index in [4.69, 9.17) is 0 Å². The molecule has 0 amide bonds. The molecule has 0 saturated heterocycles. The summed E-state index contributed by atoms with van der Waals surface area (Å²) in [5.41, 5.74) is 1.30. The Kier molecular flexibility index (Phi) is 3.30. The predicted octanol–water partition coefficient (Wildman–Crippen LogP) is 3.45. The van der Waals surface area contributed by atoms with Crippen molar-refractivity contribution < 1.29 is 9.18 Å². The lowest BCUT2D eigenvalue weighted by molar-refractivity contribution is 0.101. The third-order valence-electron chi connectivity index (χ3n) is 3.56. The van der Waals surface area contributed by atoms with Crippen LogP contribution in [-0.2, 0) is 6.54 Å². The second kappa shape index (κ2) is 5.12. The first-order chi connectivity index (χ1) is 9.65. The fourth-order valence-electron chi connectivity index (χ4n) is 2.28. The Labute approximate surface area is 117 Å². The number of halogens is 1. The van der Waals surface area contributed by atoms with Gasteiger partial charge < -0.3 is 9.88 Å². The van der Waals surface area contributed by atoms with Crippen LogP contribution in [0.2, 0.25) is 0 Å². The molecule has 0 bridgehead atoms. The Morgan fingerprint density at radius 1 is 1.35 bits per heavy atom. The molecule has 0 aliphatic heterocycles. The number of anilines is 1. The van der Waals surface area contributed by atoms with Crippen molar-refractivity contribution in [3.63, 3.8) is 0 Å². The van der Waals surface area contributed by atoms with Crippen LogP contribution in [0.1, 0.15) is 35.7 Å². The summed E-state index contributed by atoms with van der Waals surface area (Å²) in [4.78, 5) is 11.7. The molecule has 2 aromatic rings. The van der Waals surface area contributed by atoms with Crippen LogP contribution in [0.15, 0.2) is 36.5 Å². The zero-order valence-electron chi connectivity index (χ0n) is 11.4. The lowest BCUT2D eigenvalue weighted by atomic mass is 10.2. The van der Waals surface area contributed by atoms with E-state index in [1.54, 1.807) is 25.1 Å². The van der Waals surface area contributed by atoms with Crippen molar-refractivity contribution in [3.05, 3.63) is 53.5 Å². The number of hydrogen-bond donors (Lipinski definition) is 1. The molecule has 1 aromatic carbocycles. The summed E-state index contributed by atoms with van der Waals surface area (Å²) in [7, 11) is 0. The number of benzene rings is 1. The molecule has 104 valence electrons. The van der Waals surface area contributed by atoms with Crippen molar-refractivity contribution in [2.75, 3.05) is 5.32 Å². The van der Waals surface area contributed by atoms with Crippen LogP contribution in [0.4, 0.5) is 10.2 Å². The second-order valence-corrected chi connectivity index (χ2v) is 5.27. The lowest BCUT2D eigenvalue weighted by Crippen LogP contribution is -2.12. The van der Waals surface area contributed by atoms with Gasteiger partial charge in [-0.25, -0.2) is 4.39 Å². The summed E-state index contributed by atoms with van der Waals surface area (Å²) in [6.07, 6.45) is 4.10. The van der Waals surface area contributed by atoms with Crippen molar-refractivity contribution in [3.8, 4) is 0 Å². The number of Topliss-reactive ketones (excluding diaryl/α,β-unsaturated/α-hetero) is 1. The number of nitrogens with one attached hydrogen (secondary N) is 1. The summed E-state index contributed by atoms with van der Waals surface area (Å²) in [6.45, 7) is 1.98. The number of carbonyl (C=O) groups is 1. The molecule has 3 nitrogen and oxygen atoms in total. The van der Waals surface area contributed by atoms with Gasteiger partial charge in [0.1, 0.15) is 11.6 Å². The standard InChI is InChI=1S/C16H17FN2O/c1-11(20)14-8-9-19(16(14)18-13-6-7-13)10-12-4-2-3-5-15(12)17/h2-5,8-9,13,18H,6-7,10H2,1H3. The van der Waals surface area contributed by atoms with Crippen molar-refractivity contribution in [2.45, 2.75) is 32.4 Å². The third kappa shape index (κ3) is 2.59. The van der Waals surface area contributed by atoms with E-state index in [1.165, 1.54) is 6.07 Å². The number of carbonyl (C=O) groups excluding carboxylic acids is 1. The van der Waals surface area contributed by atoms with Gasteiger partial charge in [0.25, 0.3) is 0 Å². The molecule has 1 aliphatic carbocycles. The summed E-state index contributed by atoms with van der Waals surface area (Å²) < 4.78 is 15.7. The normalized spacial score (nSPS) is 14.3. The Bertz CT molecular complexity index is 644. The van der Waals surface area contributed by atoms with E-state index in [0.29, 0.717) is 23.7 Å². The number of nitrogens with zero attached hydrogens (tertiary/aromatic N) is 1. The molecule has 1 aliphatic rings. The quantitative estimate of drug-likeness (QED) is 0.846. The first kappa shape index (κ1) is 12.9. The van der Waals surface area contributed by atoms with Gasteiger partial charge in [-0.3, -0.25) is 4.79 Å². The number of hydrogen-bond acceptors (Lipinski definition) is 2. The molecule has 1 aromatic heterocycles. The Hall–Kier alpha value is -2.10. The van der Waals surface area contributed by atoms with Crippen molar-refractivity contribution >= 4 is 11.6 Å². The molecule has 20 heavy (non-hydrogen) atoms. The van der Waals surface area contributed by atoms with E-state index < -0.39 is 0 Å². The fourth-order valence-corrected chi connectivity index (χ4v) is 2.28. The summed E-state index contributed by atoms with van der Waals surface area (Å²) in [5.74, 6) is 0.617. The van der Waals surface area contributed by atoms with Gasteiger partial charge in [0.15, 0.2) is 5.78 Å². The minimum atomic E-state index is -0.219. The van der Waals surface area contributed by atoms with Gasteiger partial charge in [0.2, 0.25) is 0 Å². The fraction of sp³-hybridized carbons (Fsp3) is 0.312. The highest BCUT2D eigenvalue weighted by Crippen LogP contribution is 2.28. The van der Waals surface area contributed by atoms with Crippen LogP contribution in [0.25, 0.3) is 0 Å². The van der Waals surface area contributed by atoms with Crippen LogP contribution < -0.4 is 5.32 Å². The minimum absolute atomic E-state index is 0.0282. The van der Waals surface area contributed by atoms with Gasteiger partial charge in [-0.05, 0) is 31.9 Å². The lowest BCUT2D eigenvalue weighted by Gasteiger charge is -2.13. The first-order valence-electron chi connectivity index (χ1n) is 6.85. The average Bonchev–Trinajstić information content (AvgIpc) is 3.14. The Morgan fingerprint density at radius 3 is 2.75 bits per heavy atom. The molecule has 0 radical (unpaired) electrons. The molecule has 0 atom stereocenters. The van der Waals surface area contributed by atoms with Gasteiger partial charge >= 0.3 is 0 Å².